The van der Waals surface area contributed by atoms with E-state index in [9.17, 15) is 8.42 Å². The molecule has 1 aromatic heterocycles. The molecule has 0 radical (unpaired) electrons. The van der Waals surface area contributed by atoms with Gasteiger partial charge in [-0.05, 0) is 30.8 Å². The Hall–Kier alpha value is -0.430. The molecule has 0 saturated heterocycles. The molecule has 0 bridgehead atoms. The van der Waals surface area contributed by atoms with Gasteiger partial charge in [-0.15, -0.1) is 11.3 Å². The highest BCUT2D eigenvalue weighted by molar-refractivity contribution is 7.89. The van der Waals surface area contributed by atoms with E-state index in [2.05, 4.69) is 17.0 Å². The molecular formula is C14H26N2O2S2. The Morgan fingerprint density at radius 2 is 1.95 bits per heavy atom. The molecule has 1 aromatic rings. The lowest BCUT2D eigenvalue weighted by molar-refractivity contribution is 0.571. The highest BCUT2D eigenvalue weighted by atomic mass is 32.2. The highest BCUT2D eigenvalue weighted by Gasteiger charge is 2.22. The Labute approximate surface area is 127 Å². The molecule has 20 heavy (non-hydrogen) atoms. The SMILES string of the molecule is CCCCCCNS(=O)(=O)c1c(C)csc1CNCC. The van der Waals surface area contributed by atoms with Gasteiger partial charge in [-0.25, -0.2) is 13.1 Å². The summed E-state index contributed by atoms with van der Waals surface area (Å²) in [5, 5.41) is 5.11. The topological polar surface area (TPSA) is 58.2 Å². The quantitative estimate of drug-likeness (QED) is 0.652. The molecule has 0 aromatic carbocycles. The lowest BCUT2D eigenvalue weighted by Gasteiger charge is -2.09. The monoisotopic (exact) mass is 318 g/mol. The number of thiophene rings is 1. The van der Waals surface area contributed by atoms with Gasteiger partial charge in [0, 0.05) is 18.0 Å². The summed E-state index contributed by atoms with van der Waals surface area (Å²) < 4.78 is 27.5. The molecular weight excluding hydrogens is 292 g/mol. The third-order valence-corrected chi connectivity index (χ3v) is 6.04. The van der Waals surface area contributed by atoms with Crippen LogP contribution in [0.25, 0.3) is 0 Å². The first-order valence-electron chi connectivity index (χ1n) is 7.30. The standard InChI is InChI=1S/C14H26N2O2S2/c1-4-6-7-8-9-16-20(17,18)14-12(3)11-19-13(14)10-15-5-2/h11,15-16H,4-10H2,1-3H3. The minimum Gasteiger partial charge on any atom is -0.312 e. The molecule has 1 heterocycles. The molecule has 0 spiro atoms. The van der Waals surface area contributed by atoms with Crippen LogP contribution in [0, 0.1) is 6.92 Å². The summed E-state index contributed by atoms with van der Waals surface area (Å²) in [4.78, 5) is 1.37. The molecule has 6 heteroatoms. The maximum Gasteiger partial charge on any atom is 0.241 e. The molecule has 0 atom stereocenters. The van der Waals surface area contributed by atoms with E-state index in [-0.39, 0.29) is 0 Å². The molecule has 0 unspecified atom stereocenters. The van der Waals surface area contributed by atoms with Gasteiger partial charge in [0.1, 0.15) is 4.90 Å². The molecule has 0 aliphatic rings. The zero-order valence-corrected chi connectivity index (χ0v) is 14.3. The third kappa shape index (κ3) is 5.16. The van der Waals surface area contributed by atoms with Crippen LogP contribution in [0.3, 0.4) is 0 Å². The van der Waals surface area contributed by atoms with Gasteiger partial charge in [0.05, 0.1) is 0 Å². The second-order valence-corrected chi connectivity index (χ2v) is 7.58. The number of aryl methyl sites for hydroxylation is 1. The van der Waals surface area contributed by atoms with Crippen molar-refractivity contribution < 1.29 is 8.42 Å². The fourth-order valence-electron chi connectivity index (χ4n) is 2.04. The van der Waals surface area contributed by atoms with E-state index in [1.807, 2.05) is 19.2 Å². The Bertz CT molecular complexity index is 495. The molecule has 2 N–H and O–H groups in total. The van der Waals surface area contributed by atoms with Gasteiger partial charge in [0.25, 0.3) is 0 Å². The van der Waals surface area contributed by atoms with Gasteiger partial charge in [0.2, 0.25) is 10.0 Å². The maximum absolute atomic E-state index is 12.4. The summed E-state index contributed by atoms with van der Waals surface area (Å²) in [5.41, 5.74) is 0.837. The van der Waals surface area contributed by atoms with Gasteiger partial charge in [-0.1, -0.05) is 33.1 Å². The normalized spacial score (nSPS) is 11.9. The molecule has 1 rings (SSSR count). The fraction of sp³-hybridized carbons (Fsp3) is 0.714. The number of sulfonamides is 1. The van der Waals surface area contributed by atoms with Crippen molar-refractivity contribution in [3.63, 3.8) is 0 Å². The van der Waals surface area contributed by atoms with E-state index in [0.29, 0.717) is 18.0 Å². The Morgan fingerprint density at radius 1 is 1.20 bits per heavy atom. The van der Waals surface area contributed by atoms with E-state index in [1.54, 1.807) is 0 Å². The summed E-state index contributed by atoms with van der Waals surface area (Å²) in [7, 11) is -3.38. The van der Waals surface area contributed by atoms with Crippen molar-refractivity contribution >= 4 is 21.4 Å². The van der Waals surface area contributed by atoms with Crippen molar-refractivity contribution in [3.8, 4) is 0 Å². The number of rotatable bonds is 10. The fourth-order valence-corrected chi connectivity index (χ4v) is 4.89. The first-order chi connectivity index (χ1) is 9.53. The number of unbranched alkanes of at least 4 members (excludes halogenated alkanes) is 3. The van der Waals surface area contributed by atoms with Crippen LogP contribution >= 0.6 is 11.3 Å². The van der Waals surface area contributed by atoms with Crippen molar-refractivity contribution in [1.82, 2.24) is 10.0 Å². The minimum atomic E-state index is -3.38. The largest absolute Gasteiger partial charge is 0.312 e. The third-order valence-electron chi connectivity index (χ3n) is 3.12. The van der Waals surface area contributed by atoms with Gasteiger partial charge in [-0.2, -0.15) is 0 Å². The summed E-state index contributed by atoms with van der Waals surface area (Å²) in [5.74, 6) is 0. The van der Waals surface area contributed by atoms with E-state index >= 15 is 0 Å². The predicted molar refractivity (Wildman–Crippen MR) is 85.8 cm³/mol. The lowest BCUT2D eigenvalue weighted by atomic mass is 10.2. The number of nitrogens with one attached hydrogen (secondary N) is 2. The van der Waals surface area contributed by atoms with Gasteiger partial charge in [-0.3, -0.25) is 0 Å². The van der Waals surface area contributed by atoms with Gasteiger partial charge >= 0.3 is 0 Å². The minimum absolute atomic E-state index is 0.471. The molecule has 0 fully saturated rings. The van der Waals surface area contributed by atoms with Gasteiger partial charge in [0.15, 0.2) is 0 Å². The molecule has 4 nitrogen and oxygen atoms in total. The molecule has 0 amide bonds. The highest BCUT2D eigenvalue weighted by Crippen LogP contribution is 2.26. The average molecular weight is 319 g/mol. The number of hydrogen-bond donors (Lipinski definition) is 2. The van der Waals surface area contributed by atoms with E-state index < -0.39 is 10.0 Å². The van der Waals surface area contributed by atoms with Crippen LogP contribution in [0.15, 0.2) is 10.3 Å². The maximum atomic E-state index is 12.4. The van der Waals surface area contributed by atoms with E-state index in [4.69, 9.17) is 0 Å². The first-order valence-corrected chi connectivity index (χ1v) is 9.66. The Balaban J connectivity index is 2.68. The first kappa shape index (κ1) is 17.6. The van der Waals surface area contributed by atoms with Crippen molar-refractivity contribution in [2.45, 2.75) is 57.9 Å². The second kappa shape index (κ2) is 8.77. The van der Waals surface area contributed by atoms with Crippen LogP contribution in [-0.2, 0) is 16.6 Å². The predicted octanol–water partition coefficient (Wildman–Crippen LogP) is 3.02. The van der Waals surface area contributed by atoms with Gasteiger partial charge < -0.3 is 5.32 Å². The van der Waals surface area contributed by atoms with Crippen molar-refractivity contribution in [2.75, 3.05) is 13.1 Å². The molecule has 0 saturated carbocycles. The second-order valence-electron chi connectivity index (χ2n) is 4.91. The summed E-state index contributed by atoms with van der Waals surface area (Å²) in [6.07, 6.45) is 4.29. The Kier molecular flexibility index (Phi) is 7.72. The van der Waals surface area contributed by atoms with Crippen LogP contribution in [0.4, 0.5) is 0 Å². The van der Waals surface area contributed by atoms with E-state index in [1.165, 1.54) is 11.3 Å². The Morgan fingerprint density at radius 3 is 2.60 bits per heavy atom. The summed E-state index contributed by atoms with van der Waals surface area (Å²) in [6.45, 7) is 7.99. The molecule has 116 valence electrons. The van der Waals surface area contributed by atoms with Crippen molar-refractivity contribution in [2.24, 2.45) is 0 Å². The van der Waals surface area contributed by atoms with Crippen LogP contribution < -0.4 is 10.0 Å². The average Bonchev–Trinajstić information content (AvgIpc) is 2.78. The number of hydrogen-bond acceptors (Lipinski definition) is 4. The molecule has 0 aliphatic carbocycles. The zero-order chi connectivity index (χ0) is 15.0. The smallest absolute Gasteiger partial charge is 0.241 e. The van der Waals surface area contributed by atoms with Crippen molar-refractivity contribution in [3.05, 3.63) is 15.8 Å². The lowest BCUT2D eigenvalue weighted by Crippen LogP contribution is -2.26. The van der Waals surface area contributed by atoms with Crippen LogP contribution in [0.2, 0.25) is 0 Å². The summed E-state index contributed by atoms with van der Waals surface area (Å²) >= 11 is 1.51. The van der Waals surface area contributed by atoms with Crippen LogP contribution in [0.5, 0.6) is 0 Å². The van der Waals surface area contributed by atoms with Crippen molar-refractivity contribution in [1.29, 1.82) is 0 Å². The van der Waals surface area contributed by atoms with Crippen LogP contribution in [0.1, 0.15) is 50.0 Å². The summed E-state index contributed by atoms with van der Waals surface area (Å²) in [6, 6.07) is 0. The molecule has 0 aliphatic heterocycles. The zero-order valence-electron chi connectivity index (χ0n) is 12.7. The van der Waals surface area contributed by atoms with E-state index in [0.717, 1.165) is 42.7 Å². The van der Waals surface area contributed by atoms with Crippen LogP contribution in [-0.4, -0.2) is 21.5 Å².